The number of rotatable bonds is 5. The first-order valence-corrected chi connectivity index (χ1v) is 19.0. The highest BCUT2D eigenvalue weighted by atomic mass is 31.2. The highest BCUT2D eigenvalue weighted by Crippen LogP contribution is 2.54. The number of aromatic nitrogens is 2. The van der Waals surface area contributed by atoms with Gasteiger partial charge in [-0.1, -0.05) is 152 Å². The van der Waals surface area contributed by atoms with Crippen LogP contribution in [0.25, 0.3) is 72.3 Å². The van der Waals surface area contributed by atoms with Crippen LogP contribution in [0.2, 0.25) is 0 Å². The summed E-state index contributed by atoms with van der Waals surface area (Å²) in [6, 6.07) is 65.0. The van der Waals surface area contributed by atoms with Gasteiger partial charge >= 0.3 is 0 Å². The summed E-state index contributed by atoms with van der Waals surface area (Å²) >= 11 is 0. The van der Waals surface area contributed by atoms with Crippen molar-refractivity contribution in [3.8, 4) is 50.5 Å². The van der Waals surface area contributed by atoms with Gasteiger partial charge in [-0.25, -0.2) is 4.98 Å². The quantitative estimate of drug-likeness (QED) is 0.171. The Morgan fingerprint density at radius 2 is 1.04 bits per heavy atom. The lowest BCUT2D eigenvalue weighted by Gasteiger charge is -2.16. The third kappa shape index (κ3) is 4.59. The number of hydrogen-bond donors (Lipinski definition) is 0. The molecule has 0 N–H and O–H groups in total. The van der Waals surface area contributed by atoms with E-state index in [1.807, 2.05) is 48.5 Å². The average molecular weight is 671 g/mol. The van der Waals surface area contributed by atoms with Crippen LogP contribution in [0.1, 0.15) is 0 Å². The Balaban J connectivity index is 1.18. The Morgan fingerprint density at radius 1 is 0.451 bits per heavy atom. The van der Waals surface area contributed by atoms with E-state index >= 15 is 4.57 Å². The average Bonchev–Trinajstić information content (AvgIpc) is 3.69. The van der Waals surface area contributed by atoms with Gasteiger partial charge in [-0.15, -0.1) is 0 Å². The Labute approximate surface area is 296 Å². The van der Waals surface area contributed by atoms with E-state index in [2.05, 4.69) is 144 Å². The smallest absolute Gasteiger partial charge is 0.172 e. The summed E-state index contributed by atoms with van der Waals surface area (Å²) in [4.78, 5) is 5.17. The molecule has 1 aliphatic heterocycles. The third-order valence-corrected chi connectivity index (χ3v) is 13.4. The van der Waals surface area contributed by atoms with E-state index in [0.29, 0.717) is 0 Å². The van der Waals surface area contributed by atoms with Crippen molar-refractivity contribution in [2.24, 2.45) is 0 Å². The minimum absolute atomic E-state index is 0.864. The number of para-hydroxylation sites is 1. The minimum atomic E-state index is -3.09. The van der Waals surface area contributed by atoms with Crippen LogP contribution >= 0.6 is 7.14 Å². The lowest BCUT2D eigenvalue weighted by molar-refractivity contribution is 0.593. The molecule has 10 rings (SSSR count). The van der Waals surface area contributed by atoms with E-state index in [0.717, 1.165) is 82.8 Å². The standard InChI is InChI=1S/C47H31N2OP/c50-51(37-18-8-3-9-19-37)44-23-13-11-21-40(44)46-45(51)29-28-39-38-20-10-12-22-43(38)49(47(39)46)36-26-24-34(25-27-36)42-31-35(32-14-4-1-5-15-32)30-41(48-42)33-16-6-2-7-17-33/h1-31H. The highest BCUT2D eigenvalue weighted by Gasteiger charge is 2.41. The second kappa shape index (κ2) is 11.7. The summed E-state index contributed by atoms with van der Waals surface area (Å²) in [5.74, 6) is 0. The van der Waals surface area contributed by atoms with E-state index in [1.54, 1.807) is 0 Å². The molecule has 4 heteroatoms. The van der Waals surface area contributed by atoms with Crippen molar-refractivity contribution in [1.82, 2.24) is 9.55 Å². The van der Waals surface area contributed by atoms with E-state index in [4.69, 9.17) is 4.98 Å². The summed E-state index contributed by atoms with van der Waals surface area (Å²) in [7, 11) is -3.09. The van der Waals surface area contributed by atoms with Crippen LogP contribution in [0.5, 0.6) is 0 Å². The Morgan fingerprint density at radius 3 is 1.76 bits per heavy atom. The van der Waals surface area contributed by atoms with Crippen molar-refractivity contribution < 1.29 is 4.57 Å². The second-order valence-corrected chi connectivity index (χ2v) is 15.8. The fourth-order valence-corrected chi connectivity index (χ4v) is 10.9. The zero-order valence-electron chi connectivity index (χ0n) is 27.6. The van der Waals surface area contributed by atoms with Gasteiger partial charge in [-0.05, 0) is 53.1 Å². The predicted molar refractivity (Wildman–Crippen MR) is 213 cm³/mol. The van der Waals surface area contributed by atoms with Crippen LogP contribution < -0.4 is 15.9 Å². The molecule has 1 atom stereocenters. The van der Waals surface area contributed by atoms with Gasteiger partial charge in [0.2, 0.25) is 0 Å². The van der Waals surface area contributed by atoms with Crippen molar-refractivity contribution in [2.45, 2.75) is 0 Å². The SMILES string of the molecule is O=P1(c2ccccc2)c2ccccc2-c2c1ccc1c3ccccc3n(-c3ccc(-c4cc(-c5ccccc5)cc(-c5ccccc5)n4)cc3)c21. The molecule has 9 aromatic rings. The molecule has 0 spiro atoms. The van der Waals surface area contributed by atoms with Gasteiger partial charge < -0.3 is 9.13 Å². The molecule has 0 amide bonds. The van der Waals surface area contributed by atoms with Crippen molar-refractivity contribution in [3.05, 3.63) is 188 Å². The monoisotopic (exact) mass is 670 g/mol. The summed E-state index contributed by atoms with van der Waals surface area (Å²) in [6.45, 7) is 0. The Bertz CT molecular complexity index is 2750. The Kier molecular flexibility index (Phi) is 6.77. The summed E-state index contributed by atoms with van der Waals surface area (Å²) in [6.07, 6.45) is 0. The van der Waals surface area contributed by atoms with Crippen molar-refractivity contribution >= 4 is 44.9 Å². The maximum absolute atomic E-state index is 15.4. The van der Waals surface area contributed by atoms with Crippen molar-refractivity contribution in [3.63, 3.8) is 0 Å². The molecule has 0 saturated heterocycles. The molecule has 3 nitrogen and oxygen atoms in total. The van der Waals surface area contributed by atoms with E-state index in [-0.39, 0.29) is 0 Å². The molecule has 1 unspecified atom stereocenters. The van der Waals surface area contributed by atoms with Gasteiger partial charge in [0.25, 0.3) is 0 Å². The fraction of sp³-hybridized carbons (Fsp3) is 0. The lowest BCUT2D eigenvalue weighted by atomic mass is 10.00. The number of pyridine rings is 1. The van der Waals surface area contributed by atoms with Crippen molar-refractivity contribution in [2.75, 3.05) is 0 Å². The molecule has 240 valence electrons. The Hall–Kier alpha value is -6.28. The molecule has 0 fully saturated rings. The molecule has 0 saturated carbocycles. The first-order valence-electron chi connectivity index (χ1n) is 17.2. The first kappa shape index (κ1) is 29.6. The van der Waals surface area contributed by atoms with Gasteiger partial charge in [0, 0.05) is 49.1 Å². The molecule has 0 bridgehead atoms. The number of hydrogen-bond acceptors (Lipinski definition) is 2. The van der Waals surface area contributed by atoms with Crippen LogP contribution in [0.4, 0.5) is 0 Å². The topological polar surface area (TPSA) is 34.9 Å². The normalized spacial score (nSPS) is 14.8. The molecule has 2 aromatic heterocycles. The molecule has 1 aliphatic rings. The third-order valence-electron chi connectivity index (χ3n) is 10.2. The number of fused-ring (bicyclic) bond motifs is 7. The number of benzene rings is 7. The van der Waals surface area contributed by atoms with E-state index in [1.165, 1.54) is 5.39 Å². The zero-order valence-corrected chi connectivity index (χ0v) is 28.5. The number of nitrogens with zero attached hydrogens (tertiary/aromatic N) is 2. The highest BCUT2D eigenvalue weighted by molar-refractivity contribution is 7.86. The second-order valence-electron chi connectivity index (χ2n) is 13.1. The van der Waals surface area contributed by atoms with Gasteiger partial charge in [0.05, 0.1) is 22.4 Å². The van der Waals surface area contributed by atoms with E-state index < -0.39 is 7.14 Å². The molecule has 51 heavy (non-hydrogen) atoms. The minimum Gasteiger partial charge on any atom is -0.309 e. The van der Waals surface area contributed by atoms with Gasteiger partial charge in [0.1, 0.15) is 0 Å². The molecule has 0 aliphatic carbocycles. The first-order chi connectivity index (χ1) is 25.2. The zero-order chi connectivity index (χ0) is 33.9. The van der Waals surface area contributed by atoms with Crippen LogP contribution in [-0.4, -0.2) is 9.55 Å². The maximum Gasteiger partial charge on any atom is 0.172 e. The van der Waals surface area contributed by atoms with Crippen LogP contribution in [0.15, 0.2) is 188 Å². The van der Waals surface area contributed by atoms with Gasteiger partial charge in [0.15, 0.2) is 7.14 Å². The van der Waals surface area contributed by atoms with Gasteiger partial charge in [-0.3, -0.25) is 0 Å². The fourth-order valence-electron chi connectivity index (χ4n) is 7.86. The van der Waals surface area contributed by atoms with Gasteiger partial charge in [-0.2, -0.15) is 0 Å². The summed E-state index contributed by atoms with van der Waals surface area (Å²) < 4.78 is 17.8. The largest absolute Gasteiger partial charge is 0.309 e. The summed E-state index contributed by atoms with van der Waals surface area (Å²) in [5.41, 5.74) is 11.6. The molecule has 3 heterocycles. The van der Waals surface area contributed by atoms with Crippen molar-refractivity contribution in [1.29, 1.82) is 0 Å². The van der Waals surface area contributed by atoms with Crippen LogP contribution in [-0.2, 0) is 4.57 Å². The van der Waals surface area contributed by atoms with E-state index in [9.17, 15) is 0 Å². The van der Waals surface area contributed by atoms with Crippen LogP contribution in [0, 0.1) is 0 Å². The molecular weight excluding hydrogens is 640 g/mol. The lowest BCUT2D eigenvalue weighted by Crippen LogP contribution is -2.20. The summed E-state index contributed by atoms with van der Waals surface area (Å²) in [5, 5.41) is 4.99. The maximum atomic E-state index is 15.4. The molecule has 7 aromatic carbocycles. The predicted octanol–water partition coefficient (Wildman–Crippen LogP) is 10.8. The van der Waals surface area contributed by atoms with Crippen LogP contribution in [0.3, 0.4) is 0 Å². The molecular formula is C47H31N2OP. The molecule has 0 radical (unpaired) electrons.